The van der Waals surface area contributed by atoms with E-state index in [2.05, 4.69) is 5.32 Å². The van der Waals surface area contributed by atoms with Crippen molar-refractivity contribution in [2.45, 2.75) is 26.3 Å². The molecule has 0 spiro atoms. The molecule has 3 heteroatoms. The fourth-order valence-corrected chi connectivity index (χ4v) is 1.31. The van der Waals surface area contributed by atoms with E-state index in [1.807, 2.05) is 19.9 Å². The van der Waals surface area contributed by atoms with Crippen LogP contribution in [0, 0.1) is 5.41 Å². The minimum absolute atomic E-state index is 0.112. The van der Waals surface area contributed by atoms with Gasteiger partial charge in [0.25, 0.3) is 0 Å². The second-order valence-corrected chi connectivity index (χ2v) is 3.55. The topological polar surface area (TPSA) is 55.1 Å². The highest BCUT2D eigenvalue weighted by Gasteiger charge is 2.37. The van der Waals surface area contributed by atoms with E-state index in [1.54, 1.807) is 0 Å². The lowest BCUT2D eigenvalue weighted by atomic mass is 9.90. The molecular formula is C8H14N2O. The zero-order chi connectivity index (χ0) is 8.48. The number of hydrogen-bond donors (Lipinski definition) is 2. The van der Waals surface area contributed by atoms with Gasteiger partial charge in [-0.1, -0.05) is 13.8 Å². The van der Waals surface area contributed by atoms with Crippen LogP contribution in [0.1, 0.15) is 20.3 Å². The Kier molecular flexibility index (Phi) is 1.89. The Morgan fingerprint density at radius 3 is 2.73 bits per heavy atom. The van der Waals surface area contributed by atoms with Gasteiger partial charge < -0.3 is 11.1 Å². The van der Waals surface area contributed by atoms with Gasteiger partial charge in [-0.25, -0.2) is 0 Å². The van der Waals surface area contributed by atoms with Crippen LogP contribution in [0.4, 0.5) is 0 Å². The summed E-state index contributed by atoms with van der Waals surface area (Å²) in [6, 6.07) is 0.127. The van der Waals surface area contributed by atoms with Crippen molar-refractivity contribution >= 4 is 5.91 Å². The first-order valence-corrected chi connectivity index (χ1v) is 3.75. The quantitative estimate of drug-likeness (QED) is 0.573. The summed E-state index contributed by atoms with van der Waals surface area (Å²) in [5.41, 5.74) is 4.98. The summed E-state index contributed by atoms with van der Waals surface area (Å²) < 4.78 is 0. The molecule has 1 atom stereocenters. The second kappa shape index (κ2) is 2.57. The molecule has 62 valence electrons. The van der Waals surface area contributed by atoms with Crippen LogP contribution in [0.25, 0.3) is 0 Å². The molecule has 0 radical (unpaired) electrons. The summed E-state index contributed by atoms with van der Waals surface area (Å²) in [6.45, 7) is 3.87. The van der Waals surface area contributed by atoms with Gasteiger partial charge in [0.2, 0.25) is 5.91 Å². The summed E-state index contributed by atoms with van der Waals surface area (Å²) in [5.74, 6) is 0.112. The number of amides is 1. The average molecular weight is 154 g/mol. The van der Waals surface area contributed by atoms with Crippen molar-refractivity contribution in [3.05, 3.63) is 12.3 Å². The summed E-state index contributed by atoms with van der Waals surface area (Å²) in [7, 11) is 0. The van der Waals surface area contributed by atoms with Crippen molar-refractivity contribution < 1.29 is 4.79 Å². The molecule has 1 rings (SSSR count). The molecule has 1 aliphatic heterocycles. The Morgan fingerprint density at radius 1 is 1.73 bits per heavy atom. The molecule has 1 amide bonds. The van der Waals surface area contributed by atoms with Crippen LogP contribution in [0.2, 0.25) is 0 Å². The lowest BCUT2D eigenvalue weighted by molar-refractivity contribution is -0.126. The number of carbonyl (C=O) groups is 1. The van der Waals surface area contributed by atoms with E-state index in [1.165, 1.54) is 6.20 Å². The number of rotatable bonds is 1. The molecule has 0 aromatic heterocycles. The highest BCUT2D eigenvalue weighted by molar-refractivity contribution is 5.84. The van der Waals surface area contributed by atoms with E-state index in [0.29, 0.717) is 0 Å². The standard InChI is InChI=1S/C8H14N2O/c1-8(2)5-6(3-4-9)10-7(8)11/h3-4,6H,5,9H2,1-2H3,(H,10,11)/b4-3+. The predicted molar refractivity (Wildman–Crippen MR) is 43.7 cm³/mol. The number of nitrogens with two attached hydrogens (primary N) is 1. The number of nitrogens with one attached hydrogen (secondary N) is 1. The Labute approximate surface area is 66.6 Å². The minimum atomic E-state index is -0.232. The Balaban J connectivity index is 2.64. The van der Waals surface area contributed by atoms with Crippen LogP contribution in [-0.2, 0) is 4.79 Å². The first-order chi connectivity index (χ1) is 5.06. The molecule has 1 heterocycles. The monoisotopic (exact) mass is 154 g/mol. The zero-order valence-corrected chi connectivity index (χ0v) is 6.92. The van der Waals surface area contributed by atoms with Crippen molar-refractivity contribution in [2.24, 2.45) is 11.1 Å². The number of hydrogen-bond acceptors (Lipinski definition) is 2. The van der Waals surface area contributed by atoms with Crippen molar-refractivity contribution in [1.82, 2.24) is 5.32 Å². The summed E-state index contributed by atoms with van der Waals surface area (Å²) in [6.07, 6.45) is 4.12. The molecule has 0 aliphatic carbocycles. The third kappa shape index (κ3) is 1.53. The van der Waals surface area contributed by atoms with Gasteiger partial charge in [0.05, 0.1) is 0 Å². The predicted octanol–water partition coefficient (Wildman–Crippen LogP) is 0.374. The third-order valence-electron chi connectivity index (χ3n) is 2.00. The largest absolute Gasteiger partial charge is 0.405 e. The van der Waals surface area contributed by atoms with Gasteiger partial charge in [0, 0.05) is 11.5 Å². The third-order valence-corrected chi connectivity index (χ3v) is 2.00. The van der Waals surface area contributed by atoms with E-state index >= 15 is 0 Å². The smallest absolute Gasteiger partial charge is 0.226 e. The Hall–Kier alpha value is -0.990. The van der Waals surface area contributed by atoms with Crippen LogP contribution < -0.4 is 11.1 Å². The van der Waals surface area contributed by atoms with Gasteiger partial charge in [0.15, 0.2) is 0 Å². The van der Waals surface area contributed by atoms with E-state index in [-0.39, 0.29) is 17.4 Å². The summed E-state index contributed by atoms with van der Waals surface area (Å²) in [4.78, 5) is 11.2. The van der Waals surface area contributed by atoms with Crippen molar-refractivity contribution in [1.29, 1.82) is 0 Å². The maximum Gasteiger partial charge on any atom is 0.226 e. The highest BCUT2D eigenvalue weighted by atomic mass is 16.2. The van der Waals surface area contributed by atoms with Gasteiger partial charge in [-0.2, -0.15) is 0 Å². The van der Waals surface area contributed by atoms with Crippen LogP contribution >= 0.6 is 0 Å². The van der Waals surface area contributed by atoms with Crippen LogP contribution in [0.3, 0.4) is 0 Å². The van der Waals surface area contributed by atoms with Crippen LogP contribution in [0.5, 0.6) is 0 Å². The highest BCUT2D eigenvalue weighted by Crippen LogP contribution is 2.28. The average Bonchev–Trinajstić information content (AvgIpc) is 2.08. The first-order valence-electron chi connectivity index (χ1n) is 3.75. The molecule has 1 fully saturated rings. The van der Waals surface area contributed by atoms with Gasteiger partial charge >= 0.3 is 0 Å². The maximum absolute atomic E-state index is 11.2. The summed E-state index contributed by atoms with van der Waals surface area (Å²) >= 11 is 0. The molecule has 1 aliphatic rings. The fourth-order valence-electron chi connectivity index (χ4n) is 1.31. The van der Waals surface area contributed by atoms with E-state index in [0.717, 1.165) is 6.42 Å². The lowest BCUT2D eigenvalue weighted by Gasteiger charge is -2.10. The van der Waals surface area contributed by atoms with Crippen molar-refractivity contribution in [3.63, 3.8) is 0 Å². The molecule has 0 saturated carbocycles. The molecule has 0 aromatic carbocycles. The molecule has 0 aromatic rings. The molecule has 1 unspecified atom stereocenters. The Morgan fingerprint density at radius 2 is 2.36 bits per heavy atom. The van der Waals surface area contributed by atoms with Crippen molar-refractivity contribution in [2.75, 3.05) is 0 Å². The molecule has 1 saturated heterocycles. The van der Waals surface area contributed by atoms with Gasteiger partial charge in [-0.3, -0.25) is 4.79 Å². The van der Waals surface area contributed by atoms with Gasteiger partial charge in [-0.15, -0.1) is 0 Å². The van der Waals surface area contributed by atoms with Crippen molar-refractivity contribution in [3.8, 4) is 0 Å². The van der Waals surface area contributed by atoms with Crippen LogP contribution in [0.15, 0.2) is 12.3 Å². The van der Waals surface area contributed by atoms with E-state index in [9.17, 15) is 4.79 Å². The van der Waals surface area contributed by atoms with E-state index in [4.69, 9.17) is 5.73 Å². The molecule has 3 nitrogen and oxygen atoms in total. The second-order valence-electron chi connectivity index (χ2n) is 3.55. The Bertz CT molecular complexity index is 196. The van der Waals surface area contributed by atoms with Crippen LogP contribution in [-0.4, -0.2) is 11.9 Å². The lowest BCUT2D eigenvalue weighted by Crippen LogP contribution is -2.27. The molecule has 3 N–H and O–H groups in total. The molecular weight excluding hydrogens is 140 g/mol. The van der Waals surface area contributed by atoms with Gasteiger partial charge in [-0.05, 0) is 18.7 Å². The molecule has 0 bridgehead atoms. The fraction of sp³-hybridized carbons (Fsp3) is 0.625. The van der Waals surface area contributed by atoms with Gasteiger partial charge in [0.1, 0.15) is 0 Å². The zero-order valence-electron chi connectivity index (χ0n) is 6.92. The number of carbonyl (C=O) groups excluding carboxylic acids is 1. The normalized spacial score (nSPS) is 29.3. The maximum atomic E-state index is 11.2. The minimum Gasteiger partial charge on any atom is -0.405 e. The first kappa shape index (κ1) is 8.11. The van der Waals surface area contributed by atoms with E-state index < -0.39 is 0 Å². The SMILES string of the molecule is CC1(C)CC(/C=C/N)NC1=O. The summed E-state index contributed by atoms with van der Waals surface area (Å²) in [5, 5.41) is 2.84. The molecule has 11 heavy (non-hydrogen) atoms.